The number of nitrogens with zero attached hydrogens (tertiary/aromatic N) is 1. The molecule has 1 fully saturated rings. The molecule has 3 aromatic carbocycles. The molecule has 1 aromatic heterocycles. The van der Waals surface area contributed by atoms with Gasteiger partial charge in [-0.2, -0.15) is 0 Å². The van der Waals surface area contributed by atoms with Crippen LogP contribution in [0.2, 0.25) is 0 Å². The molecule has 2 N–H and O–H groups in total. The third kappa shape index (κ3) is 3.94. The number of rotatable bonds is 6. The van der Waals surface area contributed by atoms with E-state index in [1.54, 1.807) is 30.5 Å². The topological polar surface area (TPSA) is 99.7 Å². The van der Waals surface area contributed by atoms with Gasteiger partial charge in [0.05, 0.1) is 23.8 Å². The number of fused-ring (bicyclic) bond motifs is 1. The van der Waals surface area contributed by atoms with E-state index in [-0.39, 0.29) is 11.3 Å². The van der Waals surface area contributed by atoms with E-state index in [9.17, 15) is 19.5 Å². The van der Waals surface area contributed by atoms with Crippen LogP contribution >= 0.6 is 0 Å². The van der Waals surface area contributed by atoms with Crippen LogP contribution in [0.15, 0.2) is 90.6 Å². The molecular weight excluding hydrogens is 456 g/mol. The Hall–Kier alpha value is -4.65. The number of para-hydroxylation sites is 1. The van der Waals surface area contributed by atoms with Crippen LogP contribution in [-0.2, 0) is 14.3 Å². The third-order valence-corrected chi connectivity index (χ3v) is 6.22. The van der Waals surface area contributed by atoms with Gasteiger partial charge in [-0.25, -0.2) is 4.79 Å². The number of carbonyl (C=O) groups excluding carboxylic acids is 3. The van der Waals surface area contributed by atoms with Crippen molar-refractivity contribution in [1.82, 2.24) is 4.98 Å². The predicted molar refractivity (Wildman–Crippen MR) is 137 cm³/mol. The summed E-state index contributed by atoms with van der Waals surface area (Å²) < 4.78 is 5.18. The molecule has 1 unspecified atom stereocenters. The van der Waals surface area contributed by atoms with Gasteiger partial charge in [0.1, 0.15) is 5.76 Å². The SMILES string of the molecule is CCCOC(=O)c1ccc(N2C(=O)C(=O)/C(=C(\O)c3c[nH]c4ccccc34)C2c2ccccc2)cc1. The van der Waals surface area contributed by atoms with Crippen LogP contribution < -0.4 is 4.90 Å². The summed E-state index contributed by atoms with van der Waals surface area (Å²) in [5.41, 5.74) is 2.69. The maximum atomic E-state index is 13.3. The summed E-state index contributed by atoms with van der Waals surface area (Å²) in [4.78, 5) is 43.4. The molecule has 2 heterocycles. The highest BCUT2D eigenvalue weighted by Gasteiger charge is 2.47. The van der Waals surface area contributed by atoms with Crippen molar-refractivity contribution in [3.8, 4) is 0 Å². The molecule has 4 aromatic rings. The molecule has 36 heavy (non-hydrogen) atoms. The number of H-pyrrole nitrogens is 1. The highest BCUT2D eigenvalue weighted by Crippen LogP contribution is 2.42. The first-order valence-corrected chi connectivity index (χ1v) is 11.7. The number of anilines is 1. The van der Waals surface area contributed by atoms with Gasteiger partial charge in [0.15, 0.2) is 0 Å². The molecule has 0 saturated carbocycles. The average molecular weight is 481 g/mol. The quantitative estimate of drug-likeness (QED) is 0.167. The average Bonchev–Trinajstić information content (AvgIpc) is 3.46. The molecule has 0 aliphatic carbocycles. The van der Waals surface area contributed by atoms with E-state index in [1.807, 2.05) is 61.5 Å². The van der Waals surface area contributed by atoms with Crippen molar-refractivity contribution in [2.24, 2.45) is 0 Å². The van der Waals surface area contributed by atoms with Crippen LogP contribution in [-0.4, -0.2) is 34.4 Å². The Morgan fingerprint density at radius 2 is 1.67 bits per heavy atom. The first kappa shape index (κ1) is 23.1. The summed E-state index contributed by atoms with van der Waals surface area (Å²) in [5.74, 6) is -2.24. The lowest BCUT2D eigenvalue weighted by Crippen LogP contribution is -2.29. The van der Waals surface area contributed by atoms with Gasteiger partial charge in [0, 0.05) is 28.4 Å². The number of hydrogen-bond acceptors (Lipinski definition) is 5. The number of ketones is 1. The number of aliphatic hydroxyl groups is 1. The van der Waals surface area contributed by atoms with Gasteiger partial charge in [0.2, 0.25) is 0 Å². The van der Waals surface area contributed by atoms with Crippen molar-refractivity contribution in [1.29, 1.82) is 0 Å². The van der Waals surface area contributed by atoms with E-state index in [0.29, 0.717) is 35.4 Å². The lowest BCUT2D eigenvalue weighted by molar-refractivity contribution is -0.132. The van der Waals surface area contributed by atoms with E-state index < -0.39 is 23.7 Å². The molecule has 0 spiro atoms. The second-order valence-electron chi connectivity index (χ2n) is 8.51. The van der Waals surface area contributed by atoms with Crippen molar-refractivity contribution in [3.05, 3.63) is 107 Å². The number of aromatic nitrogens is 1. The second kappa shape index (κ2) is 9.54. The van der Waals surface area contributed by atoms with Crippen LogP contribution in [0.4, 0.5) is 5.69 Å². The standard InChI is InChI=1S/C29H24N2O5/c1-2-16-36-29(35)19-12-14-20(15-13-19)31-25(18-8-4-3-5-9-18)24(27(33)28(31)34)26(32)22-17-30-23-11-7-6-10-21(22)23/h3-15,17,25,30,32H,2,16H2,1H3/b26-24-. The Labute approximate surface area is 207 Å². The first-order chi connectivity index (χ1) is 17.5. The fourth-order valence-corrected chi connectivity index (χ4v) is 4.50. The number of Topliss-reactive ketones (excluding diaryl/α,β-unsaturated/α-hetero) is 1. The Morgan fingerprint density at radius 1 is 0.972 bits per heavy atom. The smallest absolute Gasteiger partial charge is 0.338 e. The molecule has 1 atom stereocenters. The number of benzene rings is 3. The van der Waals surface area contributed by atoms with Gasteiger partial charge in [-0.05, 0) is 42.3 Å². The number of carbonyl (C=O) groups is 3. The first-order valence-electron chi connectivity index (χ1n) is 11.7. The Kier molecular flexibility index (Phi) is 6.12. The second-order valence-corrected chi connectivity index (χ2v) is 8.51. The number of aliphatic hydroxyl groups excluding tert-OH is 1. The molecule has 180 valence electrons. The van der Waals surface area contributed by atoms with Gasteiger partial charge in [-0.1, -0.05) is 55.5 Å². The molecule has 1 aliphatic rings. The number of esters is 1. The molecule has 0 radical (unpaired) electrons. The van der Waals surface area contributed by atoms with Crippen LogP contribution in [0.25, 0.3) is 16.7 Å². The van der Waals surface area contributed by atoms with Crippen LogP contribution in [0, 0.1) is 0 Å². The zero-order chi connectivity index (χ0) is 25.2. The van der Waals surface area contributed by atoms with E-state index in [4.69, 9.17) is 4.74 Å². The van der Waals surface area contributed by atoms with Crippen molar-refractivity contribution >= 4 is 40.0 Å². The molecule has 1 amide bonds. The summed E-state index contributed by atoms with van der Waals surface area (Å²) in [6.45, 7) is 2.23. The van der Waals surface area contributed by atoms with E-state index >= 15 is 0 Å². The van der Waals surface area contributed by atoms with E-state index in [2.05, 4.69) is 4.98 Å². The van der Waals surface area contributed by atoms with E-state index in [0.717, 1.165) is 10.9 Å². The number of nitrogens with one attached hydrogen (secondary N) is 1. The molecule has 0 bridgehead atoms. The van der Waals surface area contributed by atoms with Crippen molar-refractivity contribution in [2.75, 3.05) is 11.5 Å². The summed E-state index contributed by atoms with van der Waals surface area (Å²) in [5, 5.41) is 12.1. The Bertz CT molecular complexity index is 1490. The highest BCUT2D eigenvalue weighted by atomic mass is 16.5. The molecule has 1 saturated heterocycles. The normalized spacial score (nSPS) is 17.0. The van der Waals surface area contributed by atoms with Crippen LogP contribution in [0.3, 0.4) is 0 Å². The Morgan fingerprint density at radius 3 is 2.39 bits per heavy atom. The van der Waals surface area contributed by atoms with Gasteiger partial charge in [0.25, 0.3) is 11.7 Å². The van der Waals surface area contributed by atoms with Gasteiger partial charge in [-0.3, -0.25) is 14.5 Å². The zero-order valence-electron chi connectivity index (χ0n) is 19.6. The zero-order valence-corrected chi connectivity index (χ0v) is 19.6. The molecule has 5 rings (SSSR count). The summed E-state index contributed by atoms with van der Waals surface area (Å²) >= 11 is 0. The fraction of sp³-hybridized carbons (Fsp3) is 0.138. The number of ether oxygens (including phenoxy) is 1. The molecular formula is C29H24N2O5. The largest absolute Gasteiger partial charge is 0.507 e. The minimum absolute atomic E-state index is 0.00221. The minimum Gasteiger partial charge on any atom is -0.507 e. The van der Waals surface area contributed by atoms with Crippen molar-refractivity contribution < 1.29 is 24.2 Å². The lowest BCUT2D eigenvalue weighted by Gasteiger charge is -2.25. The van der Waals surface area contributed by atoms with E-state index in [1.165, 1.54) is 4.90 Å². The third-order valence-electron chi connectivity index (χ3n) is 6.22. The highest BCUT2D eigenvalue weighted by molar-refractivity contribution is 6.51. The van der Waals surface area contributed by atoms with Crippen molar-refractivity contribution in [2.45, 2.75) is 19.4 Å². The van der Waals surface area contributed by atoms with Gasteiger partial charge >= 0.3 is 5.97 Å². The molecule has 1 aliphatic heterocycles. The molecule has 7 nitrogen and oxygen atoms in total. The number of hydrogen-bond donors (Lipinski definition) is 2. The van der Waals surface area contributed by atoms with Crippen molar-refractivity contribution in [3.63, 3.8) is 0 Å². The van der Waals surface area contributed by atoms with Gasteiger partial charge in [-0.15, -0.1) is 0 Å². The number of amides is 1. The van der Waals surface area contributed by atoms with Gasteiger partial charge < -0.3 is 14.8 Å². The maximum absolute atomic E-state index is 13.3. The number of aromatic amines is 1. The summed E-state index contributed by atoms with van der Waals surface area (Å²) in [6, 6.07) is 22.0. The minimum atomic E-state index is -0.849. The maximum Gasteiger partial charge on any atom is 0.338 e. The summed E-state index contributed by atoms with van der Waals surface area (Å²) in [7, 11) is 0. The monoisotopic (exact) mass is 480 g/mol. The molecule has 7 heteroatoms. The predicted octanol–water partition coefficient (Wildman–Crippen LogP) is 5.36. The van der Waals surface area contributed by atoms with Crippen LogP contribution in [0.1, 0.15) is 40.9 Å². The van der Waals surface area contributed by atoms with Crippen LogP contribution in [0.5, 0.6) is 0 Å². The summed E-state index contributed by atoms with van der Waals surface area (Å²) in [6.07, 6.45) is 2.34. The lowest BCUT2D eigenvalue weighted by atomic mass is 9.95. The Balaban J connectivity index is 1.62. The fourth-order valence-electron chi connectivity index (χ4n) is 4.50.